The van der Waals surface area contributed by atoms with Crippen molar-refractivity contribution in [2.24, 2.45) is 5.92 Å². The molecule has 1 aromatic carbocycles. The molecule has 1 heterocycles. The first-order valence-corrected chi connectivity index (χ1v) is 6.57. The zero-order valence-electron chi connectivity index (χ0n) is 11.1. The lowest BCUT2D eigenvalue weighted by atomic mass is 9.98. The van der Waals surface area contributed by atoms with Gasteiger partial charge in [-0.2, -0.15) is 0 Å². The number of aryl methyl sites for hydroxylation is 1. The van der Waals surface area contributed by atoms with Crippen LogP contribution in [0.2, 0.25) is 0 Å². The Labute approximate surface area is 104 Å². The van der Waals surface area contributed by atoms with Crippen LogP contribution in [0.5, 0.6) is 0 Å². The number of rotatable bonds is 4. The van der Waals surface area contributed by atoms with Crippen LogP contribution in [0.1, 0.15) is 37.4 Å². The molecule has 0 aromatic heterocycles. The van der Waals surface area contributed by atoms with Crippen LogP contribution >= 0.6 is 0 Å². The highest BCUT2D eigenvalue weighted by atomic mass is 16.5. The van der Waals surface area contributed by atoms with Crippen molar-refractivity contribution < 1.29 is 4.74 Å². The highest BCUT2D eigenvalue weighted by Crippen LogP contribution is 2.20. The lowest BCUT2D eigenvalue weighted by molar-refractivity contribution is 0.177. The minimum Gasteiger partial charge on any atom is -0.381 e. The first-order valence-electron chi connectivity index (χ1n) is 6.57. The van der Waals surface area contributed by atoms with E-state index in [1.165, 1.54) is 17.5 Å². The second kappa shape index (κ2) is 5.65. The Morgan fingerprint density at radius 3 is 2.53 bits per heavy atom. The van der Waals surface area contributed by atoms with Crippen LogP contribution in [0, 0.1) is 12.8 Å². The molecule has 0 bridgehead atoms. The van der Waals surface area contributed by atoms with Crippen molar-refractivity contribution in [2.75, 3.05) is 13.2 Å². The molecule has 0 spiro atoms. The molecular formula is C15H23NO. The van der Waals surface area contributed by atoms with E-state index in [1.54, 1.807) is 0 Å². The van der Waals surface area contributed by atoms with Crippen molar-refractivity contribution in [1.82, 2.24) is 5.32 Å². The van der Waals surface area contributed by atoms with Gasteiger partial charge in [-0.25, -0.2) is 0 Å². The van der Waals surface area contributed by atoms with Crippen LogP contribution in [-0.2, 0) is 4.74 Å². The van der Waals surface area contributed by atoms with E-state index < -0.39 is 0 Å². The fraction of sp³-hybridized carbons (Fsp3) is 0.600. The molecule has 1 fully saturated rings. The molecule has 1 aromatic rings. The van der Waals surface area contributed by atoms with Gasteiger partial charge >= 0.3 is 0 Å². The molecule has 2 rings (SSSR count). The van der Waals surface area contributed by atoms with Crippen molar-refractivity contribution in [2.45, 2.75) is 39.3 Å². The van der Waals surface area contributed by atoms with Crippen LogP contribution in [-0.4, -0.2) is 19.3 Å². The van der Waals surface area contributed by atoms with E-state index in [0.29, 0.717) is 18.0 Å². The first-order chi connectivity index (χ1) is 8.16. The molecule has 2 unspecified atom stereocenters. The molecule has 0 aliphatic carbocycles. The summed E-state index contributed by atoms with van der Waals surface area (Å²) >= 11 is 0. The summed E-state index contributed by atoms with van der Waals surface area (Å²) in [5.41, 5.74) is 2.68. The maximum absolute atomic E-state index is 5.44. The molecule has 3 atom stereocenters. The Balaban J connectivity index is 1.91. The lowest BCUT2D eigenvalue weighted by Crippen LogP contribution is -2.35. The summed E-state index contributed by atoms with van der Waals surface area (Å²) in [6, 6.07) is 9.71. The first kappa shape index (κ1) is 12.6. The Morgan fingerprint density at radius 1 is 1.24 bits per heavy atom. The third-order valence-electron chi connectivity index (χ3n) is 3.76. The Hall–Kier alpha value is -0.860. The maximum atomic E-state index is 5.44. The van der Waals surface area contributed by atoms with Gasteiger partial charge in [0, 0.05) is 18.7 Å². The predicted molar refractivity (Wildman–Crippen MR) is 71.1 cm³/mol. The average Bonchev–Trinajstić information content (AvgIpc) is 2.83. The van der Waals surface area contributed by atoms with E-state index in [0.717, 1.165) is 13.2 Å². The minimum absolute atomic E-state index is 0.409. The van der Waals surface area contributed by atoms with Gasteiger partial charge in [-0.3, -0.25) is 0 Å². The van der Waals surface area contributed by atoms with Crippen molar-refractivity contribution >= 4 is 0 Å². The van der Waals surface area contributed by atoms with E-state index in [9.17, 15) is 0 Å². The van der Waals surface area contributed by atoms with Crippen LogP contribution < -0.4 is 5.32 Å². The van der Waals surface area contributed by atoms with Crippen molar-refractivity contribution in [3.05, 3.63) is 35.4 Å². The van der Waals surface area contributed by atoms with E-state index >= 15 is 0 Å². The molecule has 2 nitrogen and oxygen atoms in total. The average molecular weight is 233 g/mol. The van der Waals surface area contributed by atoms with Gasteiger partial charge in [0.25, 0.3) is 0 Å². The van der Waals surface area contributed by atoms with Gasteiger partial charge in [0.05, 0.1) is 6.61 Å². The van der Waals surface area contributed by atoms with Crippen molar-refractivity contribution in [3.8, 4) is 0 Å². The van der Waals surface area contributed by atoms with Gasteiger partial charge in [-0.1, -0.05) is 29.8 Å². The molecule has 1 saturated heterocycles. The lowest BCUT2D eigenvalue weighted by Gasteiger charge is -2.24. The van der Waals surface area contributed by atoms with Gasteiger partial charge < -0.3 is 10.1 Å². The van der Waals surface area contributed by atoms with Gasteiger partial charge in [-0.05, 0) is 38.7 Å². The molecule has 17 heavy (non-hydrogen) atoms. The quantitative estimate of drug-likeness (QED) is 0.863. The van der Waals surface area contributed by atoms with Crippen LogP contribution in [0.25, 0.3) is 0 Å². The van der Waals surface area contributed by atoms with Gasteiger partial charge in [-0.15, -0.1) is 0 Å². The molecule has 1 aliphatic rings. The Kier molecular flexibility index (Phi) is 4.19. The SMILES string of the molecule is Cc1ccc([C@@H](C)NC(C)C2CCOC2)cc1. The predicted octanol–water partition coefficient (Wildman–Crippen LogP) is 3.07. The molecule has 0 radical (unpaired) electrons. The van der Waals surface area contributed by atoms with E-state index in [1.807, 2.05) is 0 Å². The monoisotopic (exact) mass is 233 g/mol. The van der Waals surface area contributed by atoms with Gasteiger partial charge in [0.1, 0.15) is 0 Å². The highest BCUT2D eigenvalue weighted by molar-refractivity contribution is 5.23. The summed E-state index contributed by atoms with van der Waals surface area (Å²) < 4.78 is 5.44. The van der Waals surface area contributed by atoms with Crippen molar-refractivity contribution in [1.29, 1.82) is 0 Å². The Bertz CT molecular complexity index is 340. The third-order valence-corrected chi connectivity index (χ3v) is 3.76. The standard InChI is InChI=1S/C15H23NO/c1-11-4-6-14(7-5-11)12(2)16-13(3)15-8-9-17-10-15/h4-7,12-13,15-16H,8-10H2,1-3H3/t12-,13?,15?/m1/s1. The van der Waals surface area contributed by atoms with E-state index in [2.05, 4.69) is 50.4 Å². The topological polar surface area (TPSA) is 21.3 Å². The third kappa shape index (κ3) is 3.30. The normalized spacial score (nSPS) is 23.6. The fourth-order valence-corrected chi connectivity index (χ4v) is 2.43. The molecule has 2 heteroatoms. The van der Waals surface area contributed by atoms with E-state index in [-0.39, 0.29) is 0 Å². The molecule has 94 valence electrons. The summed E-state index contributed by atoms with van der Waals surface area (Å²) in [5, 5.41) is 3.68. The Morgan fingerprint density at radius 2 is 1.94 bits per heavy atom. The summed E-state index contributed by atoms with van der Waals surface area (Å²) in [6.45, 7) is 8.46. The van der Waals surface area contributed by atoms with Gasteiger partial charge in [0.2, 0.25) is 0 Å². The van der Waals surface area contributed by atoms with Crippen LogP contribution in [0.3, 0.4) is 0 Å². The number of ether oxygens (including phenoxy) is 1. The molecular weight excluding hydrogens is 210 g/mol. The van der Waals surface area contributed by atoms with E-state index in [4.69, 9.17) is 4.74 Å². The van der Waals surface area contributed by atoms with Crippen LogP contribution in [0.15, 0.2) is 24.3 Å². The molecule has 0 amide bonds. The summed E-state index contributed by atoms with van der Waals surface area (Å²) in [4.78, 5) is 0. The molecule has 1 N–H and O–H groups in total. The highest BCUT2D eigenvalue weighted by Gasteiger charge is 2.23. The fourth-order valence-electron chi connectivity index (χ4n) is 2.43. The summed E-state index contributed by atoms with van der Waals surface area (Å²) in [6.07, 6.45) is 1.19. The second-order valence-corrected chi connectivity index (χ2v) is 5.21. The van der Waals surface area contributed by atoms with Crippen LogP contribution in [0.4, 0.5) is 0 Å². The smallest absolute Gasteiger partial charge is 0.0509 e. The summed E-state index contributed by atoms with van der Waals surface area (Å²) in [7, 11) is 0. The zero-order chi connectivity index (χ0) is 12.3. The van der Waals surface area contributed by atoms with Gasteiger partial charge in [0.15, 0.2) is 0 Å². The zero-order valence-corrected chi connectivity index (χ0v) is 11.1. The number of hydrogen-bond donors (Lipinski definition) is 1. The molecule has 1 aliphatic heterocycles. The largest absolute Gasteiger partial charge is 0.381 e. The number of nitrogens with one attached hydrogen (secondary N) is 1. The number of hydrogen-bond acceptors (Lipinski definition) is 2. The summed E-state index contributed by atoms with van der Waals surface area (Å²) in [5.74, 6) is 0.669. The van der Waals surface area contributed by atoms with Crippen molar-refractivity contribution in [3.63, 3.8) is 0 Å². The maximum Gasteiger partial charge on any atom is 0.0509 e. The molecule has 0 saturated carbocycles. The second-order valence-electron chi connectivity index (χ2n) is 5.21. The number of benzene rings is 1. The minimum atomic E-state index is 0.409.